The number of carbonyl (C=O) groups excluding carboxylic acids is 1. The Morgan fingerprint density at radius 3 is 2.91 bits per heavy atom. The van der Waals surface area contributed by atoms with Gasteiger partial charge in [0.25, 0.3) is 0 Å². The van der Waals surface area contributed by atoms with Gasteiger partial charge in [-0.25, -0.2) is 0 Å². The zero-order valence-corrected chi connectivity index (χ0v) is 6.91. The molecule has 0 spiro atoms. The van der Waals surface area contributed by atoms with Crippen LogP contribution in [-0.4, -0.2) is 23.8 Å². The molecule has 0 amide bonds. The van der Waals surface area contributed by atoms with E-state index in [4.69, 9.17) is 10.6 Å². The van der Waals surface area contributed by atoms with E-state index in [1.54, 1.807) is 0 Å². The van der Waals surface area contributed by atoms with Crippen molar-refractivity contribution in [3.8, 4) is 0 Å². The molecule has 4 nitrogen and oxygen atoms in total. The monoisotopic (exact) mass is 158 g/mol. The standard InChI is InChI=1S/C7H14N2O2/c1-3-5(2)6-7(10)11-4-9(6)8/h5-6H,3-4,8H2,1-2H3. The molecule has 1 aliphatic rings. The summed E-state index contributed by atoms with van der Waals surface area (Å²) in [6.07, 6.45) is 0.938. The molecule has 4 heteroatoms. The number of hydrazine groups is 1. The number of rotatable bonds is 2. The summed E-state index contributed by atoms with van der Waals surface area (Å²) in [5, 5.41) is 1.45. The van der Waals surface area contributed by atoms with E-state index in [-0.39, 0.29) is 24.7 Å². The van der Waals surface area contributed by atoms with Crippen LogP contribution in [-0.2, 0) is 9.53 Å². The van der Waals surface area contributed by atoms with Gasteiger partial charge in [0.1, 0.15) is 6.04 Å². The molecule has 0 aromatic heterocycles. The number of hydrogen-bond donors (Lipinski definition) is 1. The molecule has 1 heterocycles. The van der Waals surface area contributed by atoms with E-state index in [1.165, 1.54) is 5.01 Å². The van der Waals surface area contributed by atoms with Crippen LogP contribution in [0.1, 0.15) is 20.3 Å². The maximum Gasteiger partial charge on any atom is 0.326 e. The van der Waals surface area contributed by atoms with E-state index >= 15 is 0 Å². The molecule has 0 radical (unpaired) electrons. The molecule has 64 valence electrons. The van der Waals surface area contributed by atoms with Crippen molar-refractivity contribution in [1.29, 1.82) is 0 Å². The van der Waals surface area contributed by atoms with Crippen molar-refractivity contribution >= 4 is 5.97 Å². The molecular weight excluding hydrogens is 144 g/mol. The summed E-state index contributed by atoms with van der Waals surface area (Å²) in [6, 6.07) is -0.236. The quantitative estimate of drug-likeness (QED) is 0.457. The van der Waals surface area contributed by atoms with Crippen molar-refractivity contribution in [2.75, 3.05) is 6.73 Å². The Morgan fingerprint density at radius 2 is 2.55 bits per heavy atom. The first-order valence-corrected chi connectivity index (χ1v) is 3.84. The van der Waals surface area contributed by atoms with E-state index in [2.05, 4.69) is 0 Å². The Hall–Kier alpha value is -0.610. The minimum atomic E-state index is -0.236. The lowest BCUT2D eigenvalue weighted by Gasteiger charge is -2.19. The lowest BCUT2D eigenvalue weighted by atomic mass is 10.00. The predicted octanol–water partition coefficient (Wildman–Crippen LogP) is 0.0911. The minimum Gasteiger partial charge on any atom is -0.447 e. The van der Waals surface area contributed by atoms with Crippen LogP contribution in [0, 0.1) is 5.92 Å². The van der Waals surface area contributed by atoms with Crippen molar-refractivity contribution in [3.05, 3.63) is 0 Å². The summed E-state index contributed by atoms with van der Waals surface area (Å²) < 4.78 is 4.76. The lowest BCUT2D eigenvalue weighted by molar-refractivity contribution is -0.140. The highest BCUT2D eigenvalue weighted by atomic mass is 16.6. The Morgan fingerprint density at radius 1 is 1.91 bits per heavy atom. The number of nitrogens with zero attached hydrogens (tertiary/aromatic N) is 1. The molecule has 2 N–H and O–H groups in total. The topological polar surface area (TPSA) is 55.6 Å². The maximum atomic E-state index is 11.0. The molecule has 1 fully saturated rings. The van der Waals surface area contributed by atoms with Gasteiger partial charge in [0, 0.05) is 0 Å². The first-order chi connectivity index (χ1) is 5.16. The van der Waals surface area contributed by atoms with E-state index < -0.39 is 0 Å². The van der Waals surface area contributed by atoms with Crippen molar-refractivity contribution in [3.63, 3.8) is 0 Å². The van der Waals surface area contributed by atoms with Crippen molar-refractivity contribution in [1.82, 2.24) is 5.01 Å². The van der Waals surface area contributed by atoms with Gasteiger partial charge >= 0.3 is 5.97 Å². The molecule has 11 heavy (non-hydrogen) atoms. The van der Waals surface area contributed by atoms with Crippen LogP contribution in [0.4, 0.5) is 0 Å². The molecule has 2 atom stereocenters. The first-order valence-electron chi connectivity index (χ1n) is 3.84. The minimum absolute atomic E-state index is 0.193. The predicted molar refractivity (Wildman–Crippen MR) is 40.2 cm³/mol. The molecule has 1 rings (SSSR count). The van der Waals surface area contributed by atoms with Crippen LogP contribution in [0.25, 0.3) is 0 Å². The van der Waals surface area contributed by atoms with Gasteiger partial charge in [0.05, 0.1) is 0 Å². The molecule has 0 aliphatic carbocycles. The number of carbonyl (C=O) groups is 1. The van der Waals surface area contributed by atoms with Gasteiger partial charge in [0.15, 0.2) is 6.73 Å². The zero-order chi connectivity index (χ0) is 8.43. The van der Waals surface area contributed by atoms with Gasteiger partial charge in [-0.05, 0) is 5.92 Å². The summed E-state index contributed by atoms with van der Waals surface area (Å²) in [6.45, 7) is 4.26. The molecule has 2 unspecified atom stereocenters. The van der Waals surface area contributed by atoms with Gasteiger partial charge < -0.3 is 4.74 Å². The second kappa shape index (κ2) is 3.19. The Balaban J connectivity index is 2.60. The Bertz CT molecular complexity index is 161. The van der Waals surface area contributed by atoms with Crippen LogP contribution >= 0.6 is 0 Å². The van der Waals surface area contributed by atoms with Crippen molar-refractivity contribution in [2.24, 2.45) is 11.8 Å². The summed E-state index contributed by atoms with van der Waals surface area (Å²) in [5.41, 5.74) is 0. The van der Waals surface area contributed by atoms with E-state index in [1.807, 2.05) is 13.8 Å². The third kappa shape index (κ3) is 1.52. The normalized spacial score (nSPS) is 28.6. The average Bonchev–Trinajstić information content (AvgIpc) is 2.30. The second-order valence-electron chi connectivity index (χ2n) is 2.94. The SMILES string of the molecule is CCC(C)C1C(=O)OCN1N. The Labute approximate surface area is 66.3 Å². The molecular formula is C7H14N2O2. The summed E-state index contributed by atoms with van der Waals surface area (Å²) in [4.78, 5) is 11.0. The molecule has 0 bridgehead atoms. The van der Waals surface area contributed by atoms with E-state index in [9.17, 15) is 4.79 Å². The second-order valence-corrected chi connectivity index (χ2v) is 2.94. The number of nitrogens with two attached hydrogens (primary N) is 1. The summed E-state index contributed by atoms with van der Waals surface area (Å²) in [5.74, 6) is 5.61. The third-order valence-corrected chi connectivity index (χ3v) is 2.14. The van der Waals surface area contributed by atoms with E-state index in [0.717, 1.165) is 6.42 Å². The average molecular weight is 158 g/mol. The highest BCUT2D eigenvalue weighted by Gasteiger charge is 2.35. The first kappa shape index (κ1) is 8.49. The van der Waals surface area contributed by atoms with Crippen LogP contribution in [0.5, 0.6) is 0 Å². The summed E-state index contributed by atoms with van der Waals surface area (Å²) in [7, 11) is 0. The number of hydrogen-bond acceptors (Lipinski definition) is 4. The van der Waals surface area contributed by atoms with Crippen molar-refractivity contribution < 1.29 is 9.53 Å². The van der Waals surface area contributed by atoms with Crippen molar-refractivity contribution in [2.45, 2.75) is 26.3 Å². The number of ether oxygens (including phenoxy) is 1. The number of esters is 1. The van der Waals surface area contributed by atoms with E-state index in [0.29, 0.717) is 0 Å². The molecule has 0 saturated carbocycles. The molecule has 0 aromatic rings. The van der Waals surface area contributed by atoms with Crippen LogP contribution in [0.3, 0.4) is 0 Å². The fraction of sp³-hybridized carbons (Fsp3) is 0.857. The highest BCUT2D eigenvalue weighted by Crippen LogP contribution is 2.17. The fourth-order valence-electron chi connectivity index (χ4n) is 1.22. The zero-order valence-electron chi connectivity index (χ0n) is 6.91. The van der Waals surface area contributed by atoms with Crippen LogP contribution in [0.2, 0.25) is 0 Å². The van der Waals surface area contributed by atoms with Crippen LogP contribution in [0.15, 0.2) is 0 Å². The molecule has 0 aromatic carbocycles. The van der Waals surface area contributed by atoms with Crippen LogP contribution < -0.4 is 5.84 Å². The molecule has 1 aliphatic heterocycles. The summed E-state index contributed by atoms with van der Waals surface area (Å²) >= 11 is 0. The Kier molecular flexibility index (Phi) is 2.46. The maximum absolute atomic E-state index is 11.0. The highest BCUT2D eigenvalue weighted by molar-refractivity contribution is 5.77. The largest absolute Gasteiger partial charge is 0.447 e. The van der Waals surface area contributed by atoms with Gasteiger partial charge in [-0.2, -0.15) is 5.01 Å². The fourth-order valence-corrected chi connectivity index (χ4v) is 1.22. The number of cyclic esters (lactones) is 1. The van der Waals surface area contributed by atoms with Gasteiger partial charge in [-0.15, -0.1) is 0 Å². The van der Waals surface area contributed by atoms with Gasteiger partial charge in [-0.1, -0.05) is 20.3 Å². The third-order valence-electron chi connectivity index (χ3n) is 2.14. The molecule has 1 saturated heterocycles. The van der Waals surface area contributed by atoms with Gasteiger partial charge in [0.2, 0.25) is 0 Å². The van der Waals surface area contributed by atoms with Gasteiger partial charge in [-0.3, -0.25) is 10.6 Å². The lowest BCUT2D eigenvalue weighted by Crippen LogP contribution is -2.42. The smallest absolute Gasteiger partial charge is 0.326 e.